The van der Waals surface area contributed by atoms with Gasteiger partial charge in [-0.1, -0.05) is 0 Å². The lowest BCUT2D eigenvalue weighted by atomic mass is 9.48. The average molecular weight is 416 g/mol. The van der Waals surface area contributed by atoms with Gasteiger partial charge in [-0.15, -0.1) is 0 Å². The smallest absolute Gasteiger partial charge is 0.338 e. The first-order valence-electron chi connectivity index (χ1n) is 10.6. The van der Waals surface area contributed by atoms with Crippen molar-refractivity contribution in [3.63, 3.8) is 0 Å². The maximum Gasteiger partial charge on any atom is 0.338 e. The number of benzene rings is 1. The predicted octanol–water partition coefficient (Wildman–Crippen LogP) is 3.48. The summed E-state index contributed by atoms with van der Waals surface area (Å²) >= 11 is 0. The Morgan fingerprint density at radius 2 is 1.80 bits per heavy atom. The molecule has 0 radical (unpaired) electrons. The number of carbonyl (C=O) groups excluding carboxylic acids is 2. The van der Waals surface area contributed by atoms with E-state index in [-0.39, 0.29) is 34.4 Å². The molecule has 0 aromatic heterocycles. The molecule has 1 N–H and O–H groups in total. The highest BCUT2D eigenvalue weighted by Gasteiger charge is 2.53. The Labute approximate surface area is 175 Å². The molecule has 5 rings (SSSR count). The van der Waals surface area contributed by atoms with Gasteiger partial charge in [-0.25, -0.2) is 4.79 Å². The number of hydrogen-bond acceptors (Lipinski definition) is 6. The van der Waals surface area contributed by atoms with E-state index in [9.17, 15) is 19.7 Å². The van der Waals surface area contributed by atoms with Crippen LogP contribution in [-0.4, -0.2) is 36.6 Å². The van der Waals surface area contributed by atoms with Gasteiger partial charge in [0.1, 0.15) is 0 Å². The van der Waals surface area contributed by atoms with Gasteiger partial charge in [-0.05, 0) is 80.8 Å². The molecule has 4 fully saturated rings. The van der Waals surface area contributed by atoms with E-state index < -0.39 is 17.5 Å². The fourth-order valence-electron chi connectivity index (χ4n) is 6.32. The molecule has 4 bridgehead atoms. The zero-order valence-electron chi connectivity index (χ0n) is 17.4. The molecule has 1 aromatic rings. The summed E-state index contributed by atoms with van der Waals surface area (Å²) in [5.74, 6) is 1.31. The van der Waals surface area contributed by atoms with E-state index in [1.807, 2.05) is 0 Å². The third-order valence-corrected chi connectivity index (χ3v) is 7.33. The maximum absolute atomic E-state index is 12.4. The third kappa shape index (κ3) is 3.87. The minimum atomic E-state index is -0.779. The number of carbonyl (C=O) groups is 2. The molecule has 4 aliphatic rings. The van der Waals surface area contributed by atoms with Crippen molar-refractivity contribution in [1.82, 2.24) is 5.32 Å². The van der Waals surface area contributed by atoms with E-state index in [1.165, 1.54) is 57.8 Å². The number of esters is 1. The fourth-order valence-corrected chi connectivity index (χ4v) is 6.32. The molecule has 8 heteroatoms. The van der Waals surface area contributed by atoms with E-state index in [0.29, 0.717) is 0 Å². The topological polar surface area (TPSA) is 108 Å². The Kier molecular flexibility index (Phi) is 5.42. The molecule has 4 saturated carbocycles. The molecule has 0 spiro atoms. The van der Waals surface area contributed by atoms with Gasteiger partial charge in [0.15, 0.2) is 12.4 Å². The Bertz CT molecular complexity index is 832. The average Bonchev–Trinajstić information content (AvgIpc) is 2.70. The summed E-state index contributed by atoms with van der Waals surface area (Å²) in [4.78, 5) is 35.2. The number of nitro benzene ring substituents is 1. The minimum absolute atomic E-state index is 0.00410. The zero-order valence-corrected chi connectivity index (χ0v) is 17.4. The van der Waals surface area contributed by atoms with Crippen molar-refractivity contribution in [3.8, 4) is 5.75 Å². The number of nitrogens with zero attached hydrogens (tertiary/aromatic N) is 1. The van der Waals surface area contributed by atoms with Crippen LogP contribution in [0.1, 0.15) is 55.8 Å². The fraction of sp³-hybridized carbons (Fsp3) is 0.636. The van der Waals surface area contributed by atoms with E-state index in [2.05, 4.69) is 12.2 Å². The van der Waals surface area contributed by atoms with Crippen LogP contribution in [0.3, 0.4) is 0 Å². The lowest BCUT2D eigenvalue weighted by molar-refractivity contribution is -0.385. The number of methoxy groups -OCH3 is 1. The number of hydrogen-bond donors (Lipinski definition) is 1. The van der Waals surface area contributed by atoms with Crippen molar-refractivity contribution in [2.75, 3.05) is 13.7 Å². The zero-order chi connectivity index (χ0) is 21.5. The number of nitrogens with one attached hydrogen (secondary N) is 1. The highest BCUT2D eigenvalue weighted by atomic mass is 16.6. The van der Waals surface area contributed by atoms with Crippen molar-refractivity contribution in [2.45, 2.75) is 51.5 Å². The number of nitro groups is 1. The Morgan fingerprint density at radius 1 is 1.20 bits per heavy atom. The first kappa shape index (κ1) is 20.6. The van der Waals surface area contributed by atoms with Gasteiger partial charge < -0.3 is 14.8 Å². The molecule has 0 saturated heterocycles. The third-order valence-electron chi connectivity index (χ3n) is 7.33. The highest BCUT2D eigenvalue weighted by molar-refractivity contribution is 5.92. The van der Waals surface area contributed by atoms with E-state index in [0.717, 1.165) is 23.8 Å². The van der Waals surface area contributed by atoms with Gasteiger partial charge >= 0.3 is 11.7 Å². The van der Waals surface area contributed by atoms with Crippen molar-refractivity contribution in [3.05, 3.63) is 33.9 Å². The van der Waals surface area contributed by atoms with Gasteiger partial charge in [-0.3, -0.25) is 14.9 Å². The summed E-state index contributed by atoms with van der Waals surface area (Å²) in [5.41, 5.74) is -0.151. The number of rotatable bonds is 7. The van der Waals surface area contributed by atoms with E-state index in [1.54, 1.807) is 0 Å². The normalized spacial score (nSPS) is 29.9. The predicted molar refractivity (Wildman–Crippen MR) is 108 cm³/mol. The lowest BCUT2D eigenvalue weighted by Crippen LogP contribution is -2.56. The van der Waals surface area contributed by atoms with Crippen LogP contribution in [-0.2, 0) is 9.53 Å². The molecular formula is C22H28N2O6. The molecule has 1 amide bonds. The van der Waals surface area contributed by atoms with E-state index in [4.69, 9.17) is 9.47 Å². The van der Waals surface area contributed by atoms with Crippen LogP contribution < -0.4 is 10.1 Å². The summed E-state index contributed by atoms with van der Waals surface area (Å²) in [6.45, 7) is 1.66. The summed E-state index contributed by atoms with van der Waals surface area (Å²) in [6, 6.07) is 3.85. The second kappa shape index (κ2) is 7.89. The van der Waals surface area contributed by atoms with Crippen LogP contribution in [0.15, 0.2) is 18.2 Å². The largest absolute Gasteiger partial charge is 0.490 e. The molecule has 8 nitrogen and oxygen atoms in total. The van der Waals surface area contributed by atoms with Crippen LogP contribution in [0.5, 0.6) is 5.75 Å². The molecule has 1 aromatic carbocycles. The summed E-state index contributed by atoms with van der Waals surface area (Å²) < 4.78 is 10.0. The van der Waals surface area contributed by atoms with Gasteiger partial charge in [0.05, 0.1) is 17.6 Å². The van der Waals surface area contributed by atoms with Crippen molar-refractivity contribution < 1.29 is 24.0 Å². The van der Waals surface area contributed by atoms with Crippen molar-refractivity contribution >= 4 is 17.6 Å². The second-order valence-electron chi connectivity index (χ2n) is 9.29. The molecule has 162 valence electrons. The first-order valence-corrected chi connectivity index (χ1v) is 10.6. The van der Waals surface area contributed by atoms with Crippen LogP contribution >= 0.6 is 0 Å². The van der Waals surface area contributed by atoms with Crippen LogP contribution in [0, 0.1) is 33.3 Å². The molecule has 1 atom stereocenters. The Balaban J connectivity index is 1.33. The van der Waals surface area contributed by atoms with Gasteiger partial charge in [0.2, 0.25) is 0 Å². The molecule has 0 aliphatic heterocycles. The summed E-state index contributed by atoms with van der Waals surface area (Å²) in [7, 11) is 1.32. The van der Waals surface area contributed by atoms with Crippen molar-refractivity contribution in [2.24, 2.45) is 23.2 Å². The van der Waals surface area contributed by atoms with E-state index >= 15 is 0 Å². The SMILES string of the molecule is COc1ccc(C(=O)OCC(=O)N[C@H](C)C23CC4CC(CC(C4)C2)C3)cc1[N+](=O)[O-]. The molecule has 0 unspecified atom stereocenters. The lowest BCUT2D eigenvalue weighted by Gasteiger charge is -2.59. The monoisotopic (exact) mass is 416 g/mol. The first-order chi connectivity index (χ1) is 14.3. The number of amides is 1. The quantitative estimate of drug-likeness (QED) is 0.414. The van der Waals surface area contributed by atoms with Gasteiger partial charge in [0, 0.05) is 12.1 Å². The Morgan fingerprint density at radius 3 is 2.33 bits per heavy atom. The second-order valence-corrected chi connectivity index (χ2v) is 9.29. The minimum Gasteiger partial charge on any atom is -0.490 e. The molecule has 30 heavy (non-hydrogen) atoms. The summed E-state index contributed by atoms with van der Waals surface area (Å²) in [5, 5.41) is 14.2. The van der Waals surface area contributed by atoms with Crippen LogP contribution in [0.4, 0.5) is 5.69 Å². The molecule has 0 heterocycles. The standard InChI is InChI=1S/C22H28N2O6/c1-13(22-9-14-5-15(10-22)7-16(6-14)11-22)23-20(25)12-30-21(26)17-3-4-19(29-2)18(8-17)24(27)28/h3-4,8,13-16H,5-7,9-12H2,1-2H3,(H,23,25)/t13-,14?,15?,16?,22?/m1/s1. The maximum atomic E-state index is 12.4. The molecular weight excluding hydrogens is 388 g/mol. The van der Waals surface area contributed by atoms with Gasteiger partial charge in [0.25, 0.3) is 5.91 Å². The Hall–Kier alpha value is -2.64. The summed E-state index contributed by atoms with van der Waals surface area (Å²) in [6.07, 6.45) is 7.55. The number of ether oxygens (including phenoxy) is 2. The van der Waals surface area contributed by atoms with Crippen LogP contribution in [0.2, 0.25) is 0 Å². The van der Waals surface area contributed by atoms with Crippen LogP contribution in [0.25, 0.3) is 0 Å². The molecule has 4 aliphatic carbocycles. The highest BCUT2D eigenvalue weighted by Crippen LogP contribution is 2.61. The van der Waals surface area contributed by atoms with Crippen molar-refractivity contribution in [1.29, 1.82) is 0 Å². The van der Waals surface area contributed by atoms with Gasteiger partial charge in [-0.2, -0.15) is 0 Å².